The number of carbonyl (C=O) groups excluding carboxylic acids is 2. The Morgan fingerprint density at radius 3 is 2.58 bits per heavy atom. The van der Waals surface area contributed by atoms with Gasteiger partial charge in [0, 0.05) is 28.6 Å². The van der Waals surface area contributed by atoms with Crippen LogP contribution in [0.1, 0.15) is 21.3 Å². The van der Waals surface area contributed by atoms with E-state index >= 15 is 0 Å². The summed E-state index contributed by atoms with van der Waals surface area (Å²) in [5, 5.41) is 2.72. The number of amides is 2. The van der Waals surface area contributed by atoms with Crippen LogP contribution in [0.4, 0.5) is 11.4 Å². The molecule has 2 amide bonds. The second-order valence-corrected chi connectivity index (χ2v) is 8.59. The first kappa shape index (κ1) is 21.2. The van der Waals surface area contributed by atoms with Gasteiger partial charge in [-0.05, 0) is 42.5 Å². The van der Waals surface area contributed by atoms with Crippen LogP contribution in [0.2, 0.25) is 0 Å². The predicted molar refractivity (Wildman–Crippen MR) is 128 cm³/mol. The summed E-state index contributed by atoms with van der Waals surface area (Å²) in [5.41, 5.74) is 2.76. The molecule has 5 rings (SSSR count). The number of para-hydroxylation sites is 1. The number of hydrogen-bond donors (Lipinski definition) is 1. The number of nitrogens with one attached hydrogen (secondary N) is 1. The number of hydrogen-bond acceptors (Lipinski definition) is 6. The molecule has 8 heteroatoms. The quantitative estimate of drug-likeness (QED) is 0.602. The van der Waals surface area contributed by atoms with Crippen molar-refractivity contribution in [2.24, 2.45) is 0 Å². The summed E-state index contributed by atoms with van der Waals surface area (Å²) in [6.45, 7) is 0.984. The molecule has 1 unspecified atom stereocenters. The molecule has 1 atom stereocenters. The third-order valence-corrected chi connectivity index (χ3v) is 6.69. The van der Waals surface area contributed by atoms with Gasteiger partial charge in [0.2, 0.25) is 5.91 Å². The van der Waals surface area contributed by atoms with Gasteiger partial charge in [-0.25, -0.2) is 0 Å². The second-order valence-electron chi connectivity index (χ2n) is 7.52. The number of fused-ring (bicyclic) bond motifs is 1. The van der Waals surface area contributed by atoms with Crippen LogP contribution in [0.5, 0.6) is 17.2 Å². The number of benzene rings is 3. The third kappa shape index (κ3) is 4.21. The molecule has 2 aliphatic heterocycles. The van der Waals surface area contributed by atoms with Crippen LogP contribution in [0, 0.1) is 0 Å². The molecule has 33 heavy (non-hydrogen) atoms. The maximum atomic E-state index is 12.9. The summed E-state index contributed by atoms with van der Waals surface area (Å²) in [7, 11) is 1.58. The van der Waals surface area contributed by atoms with Crippen LogP contribution in [-0.4, -0.2) is 37.9 Å². The standard InChI is InChI=1S/C25H22N2O5S/c1-30-18-9-6-16(7-10-18)24(29)26-20-5-3-2-4-19(20)25-27(23(28)15-33-25)17-8-11-21-22(14-17)32-13-12-31-21/h2-11,14,25H,12-13,15H2,1H3,(H,26,29). The van der Waals surface area contributed by atoms with Gasteiger partial charge in [0.15, 0.2) is 11.5 Å². The predicted octanol–water partition coefficient (Wildman–Crippen LogP) is 4.50. The maximum absolute atomic E-state index is 12.9. The van der Waals surface area contributed by atoms with E-state index < -0.39 is 0 Å². The monoisotopic (exact) mass is 462 g/mol. The first-order chi connectivity index (χ1) is 16.1. The normalized spacial score (nSPS) is 17.1. The van der Waals surface area contributed by atoms with Crippen molar-refractivity contribution >= 4 is 35.0 Å². The van der Waals surface area contributed by atoms with Crippen molar-refractivity contribution in [3.05, 3.63) is 77.9 Å². The molecule has 0 radical (unpaired) electrons. The molecule has 0 bridgehead atoms. The van der Waals surface area contributed by atoms with Gasteiger partial charge in [-0.2, -0.15) is 0 Å². The molecule has 7 nitrogen and oxygen atoms in total. The van der Waals surface area contributed by atoms with Crippen molar-refractivity contribution in [1.29, 1.82) is 0 Å². The highest BCUT2D eigenvalue weighted by atomic mass is 32.2. The van der Waals surface area contributed by atoms with E-state index in [9.17, 15) is 9.59 Å². The molecule has 2 heterocycles. The molecule has 0 saturated carbocycles. The first-order valence-corrected chi connectivity index (χ1v) is 11.6. The molecule has 168 valence electrons. The Hall–Kier alpha value is -3.65. The van der Waals surface area contributed by atoms with Gasteiger partial charge in [-0.15, -0.1) is 11.8 Å². The van der Waals surface area contributed by atoms with Crippen LogP contribution < -0.4 is 24.4 Å². The lowest BCUT2D eigenvalue weighted by Crippen LogP contribution is -2.28. The first-order valence-electron chi connectivity index (χ1n) is 10.5. The molecule has 2 aliphatic rings. The highest BCUT2D eigenvalue weighted by Gasteiger charge is 2.36. The second kappa shape index (κ2) is 9.07. The van der Waals surface area contributed by atoms with E-state index in [1.54, 1.807) is 36.3 Å². The Morgan fingerprint density at radius 1 is 1.03 bits per heavy atom. The fourth-order valence-corrected chi connectivity index (χ4v) is 5.09. The van der Waals surface area contributed by atoms with Crippen LogP contribution in [0.25, 0.3) is 0 Å². The van der Waals surface area contributed by atoms with Gasteiger partial charge < -0.3 is 19.5 Å². The Kier molecular flexibility index (Phi) is 5.83. The summed E-state index contributed by atoms with van der Waals surface area (Å²) in [6.07, 6.45) is 0. The summed E-state index contributed by atoms with van der Waals surface area (Å²) in [5.74, 6) is 2.10. The zero-order valence-electron chi connectivity index (χ0n) is 17.9. The highest BCUT2D eigenvalue weighted by Crippen LogP contribution is 2.46. The van der Waals surface area contributed by atoms with E-state index in [0.29, 0.717) is 47.5 Å². The highest BCUT2D eigenvalue weighted by molar-refractivity contribution is 8.00. The smallest absolute Gasteiger partial charge is 0.255 e. The van der Waals surface area contributed by atoms with E-state index in [-0.39, 0.29) is 17.2 Å². The molecule has 0 aliphatic carbocycles. The number of ether oxygens (including phenoxy) is 3. The maximum Gasteiger partial charge on any atom is 0.255 e. The van der Waals surface area contributed by atoms with E-state index in [2.05, 4.69) is 5.32 Å². The molecule has 0 aromatic heterocycles. The van der Waals surface area contributed by atoms with Crippen molar-refractivity contribution < 1.29 is 23.8 Å². The molecular weight excluding hydrogens is 440 g/mol. The molecule has 3 aromatic rings. The summed E-state index contributed by atoms with van der Waals surface area (Å²) < 4.78 is 16.5. The van der Waals surface area contributed by atoms with E-state index in [1.165, 1.54) is 11.8 Å². The minimum atomic E-state index is -0.285. The van der Waals surface area contributed by atoms with Gasteiger partial charge in [-0.1, -0.05) is 18.2 Å². The van der Waals surface area contributed by atoms with E-state index in [1.807, 2.05) is 42.5 Å². The average molecular weight is 463 g/mol. The SMILES string of the molecule is COc1ccc(C(=O)Nc2ccccc2C2SCC(=O)N2c2ccc3c(c2)OCCO3)cc1. The van der Waals surface area contributed by atoms with Crippen molar-refractivity contribution in [3.63, 3.8) is 0 Å². The molecule has 3 aromatic carbocycles. The molecular formula is C25H22N2O5S. The Balaban J connectivity index is 1.44. The zero-order valence-corrected chi connectivity index (χ0v) is 18.8. The number of thioether (sulfide) groups is 1. The van der Waals surface area contributed by atoms with Crippen LogP contribution in [0.3, 0.4) is 0 Å². The summed E-state index contributed by atoms with van der Waals surface area (Å²) in [6, 6.07) is 20.0. The summed E-state index contributed by atoms with van der Waals surface area (Å²) in [4.78, 5) is 27.5. The summed E-state index contributed by atoms with van der Waals surface area (Å²) >= 11 is 1.52. The van der Waals surface area contributed by atoms with Gasteiger partial charge >= 0.3 is 0 Å². The molecule has 1 saturated heterocycles. The lowest BCUT2D eigenvalue weighted by Gasteiger charge is -2.27. The van der Waals surface area contributed by atoms with Crippen LogP contribution >= 0.6 is 11.8 Å². The average Bonchev–Trinajstić information content (AvgIpc) is 3.25. The van der Waals surface area contributed by atoms with Crippen molar-refractivity contribution in [3.8, 4) is 17.2 Å². The topological polar surface area (TPSA) is 77.1 Å². The Bertz CT molecular complexity index is 1200. The number of methoxy groups -OCH3 is 1. The fraction of sp³-hybridized carbons (Fsp3) is 0.200. The number of nitrogens with zero attached hydrogens (tertiary/aromatic N) is 1. The molecule has 0 spiro atoms. The lowest BCUT2D eigenvalue weighted by molar-refractivity contribution is -0.115. The Morgan fingerprint density at radius 2 is 1.79 bits per heavy atom. The minimum Gasteiger partial charge on any atom is -0.497 e. The van der Waals surface area contributed by atoms with Crippen molar-refractivity contribution in [2.75, 3.05) is 36.3 Å². The number of carbonyl (C=O) groups is 2. The van der Waals surface area contributed by atoms with Gasteiger partial charge in [0.05, 0.1) is 12.9 Å². The van der Waals surface area contributed by atoms with Gasteiger partial charge in [-0.3, -0.25) is 14.5 Å². The number of anilines is 2. The van der Waals surface area contributed by atoms with Crippen molar-refractivity contribution in [1.82, 2.24) is 0 Å². The van der Waals surface area contributed by atoms with Gasteiger partial charge in [0.25, 0.3) is 5.91 Å². The van der Waals surface area contributed by atoms with E-state index in [0.717, 1.165) is 11.3 Å². The fourth-order valence-electron chi connectivity index (χ4n) is 3.88. The molecule has 1 fully saturated rings. The van der Waals surface area contributed by atoms with Crippen LogP contribution in [-0.2, 0) is 4.79 Å². The largest absolute Gasteiger partial charge is 0.497 e. The minimum absolute atomic E-state index is 0.00189. The lowest BCUT2D eigenvalue weighted by atomic mass is 10.1. The Labute approximate surface area is 195 Å². The zero-order chi connectivity index (χ0) is 22.8. The van der Waals surface area contributed by atoms with Crippen molar-refractivity contribution in [2.45, 2.75) is 5.37 Å². The third-order valence-electron chi connectivity index (χ3n) is 5.50. The van der Waals surface area contributed by atoms with Gasteiger partial charge in [0.1, 0.15) is 24.3 Å². The van der Waals surface area contributed by atoms with Crippen LogP contribution in [0.15, 0.2) is 66.7 Å². The van der Waals surface area contributed by atoms with E-state index in [4.69, 9.17) is 14.2 Å². The molecule has 1 N–H and O–H groups in total. The number of rotatable bonds is 5.